The van der Waals surface area contributed by atoms with Crippen LogP contribution in [0.3, 0.4) is 0 Å². The molecule has 0 aliphatic rings. The fourth-order valence-electron chi connectivity index (χ4n) is 2.51. The Bertz CT molecular complexity index is 1010. The Morgan fingerprint density at radius 2 is 1.79 bits per heavy atom. The zero-order valence-corrected chi connectivity index (χ0v) is 18.9. The van der Waals surface area contributed by atoms with Crippen LogP contribution in [0.4, 0.5) is 11.4 Å². The summed E-state index contributed by atoms with van der Waals surface area (Å²) in [5.74, 6) is -0.674. The van der Waals surface area contributed by atoms with Crippen molar-refractivity contribution in [3.05, 3.63) is 52.5 Å². The lowest BCUT2D eigenvalue weighted by Crippen LogP contribution is -2.33. The van der Waals surface area contributed by atoms with Crippen LogP contribution < -0.4 is 16.0 Å². The first-order valence-corrected chi connectivity index (χ1v) is 11.7. The number of hydrogen-bond acceptors (Lipinski definition) is 5. The van der Waals surface area contributed by atoms with Crippen molar-refractivity contribution in [3.63, 3.8) is 0 Å². The average Bonchev–Trinajstić information content (AvgIpc) is 2.66. The molecule has 2 aromatic carbocycles. The second kappa shape index (κ2) is 9.89. The molecule has 0 fully saturated rings. The van der Waals surface area contributed by atoms with Gasteiger partial charge in [-0.2, -0.15) is 0 Å². The largest absolute Gasteiger partial charge is 0.375 e. The molecule has 2 amide bonds. The summed E-state index contributed by atoms with van der Waals surface area (Å²) >= 11 is 3.25. The minimum absolute atomic E-state index is 0.0137. The summed E-state index contributed by atoms with van der Waals surface area (Å²) in [6.45, 7) is 3.71. The van der Waals surface area contributed by atoms with Gasteiger partial charge in [0, 0.05) is 16.8 Å². The topological polar surface area (TPSA) is 104 Å². The lowest BCUT2D eigenvalue weighted by atomic mass is 10.1. The molecule has 0 bridgehead atoms. The number of carbonyl (C=O) groups excluding carboxylic acids is 2. The summed E-state index contributed by atoms with van der Waals surface area (Å²) in [6, 6.07) is 11.5. The number of hydrogen-bond donors (Lipinski definition) is 3. The van der Waals surface area contributed by atoms with E-state index in [1.165, 1.54) is 6.07 Å². The minimum Gasteiger partial charge on any atom is -0.375 e. The molecule has 0 aliphatic heterocycles. The van der Waals surface area contributed by atoms with E-state index in [9.17, 15) is 18.0 Å². The van der Waals surface area contributed by atoms with E-state index in [2.05, 4.69) is 31.9 Å². The van der Waals surface area contributed by atoms with Crippen LogP contribution in [0.25, 0.3) is 0 Å². The number of anilines is 2. The highest BCUT2D eigenvalue weighted by atomic mass is 79.9. The predicted molar refractivity (Wildman–Crippen MR) is 118 cm³/mol. The van der Waals surface area contributed by atoms with Gasteiger partial charge in [0.2, 0.25) is 5.91 Å². The third kappa shape index (κ3) is 6.57. The third-order valence-electron chi connectivity index (χ3n) is 4.22. The molecule has 1 unspecified atom stereocenters. The predicted octanol–water partition coefficient (Wildman–Crippen LogP) is 3.43. The van der Waals surface area contributed by atoms with Gasteiger partial charge in [0.1, 0.15) is 0 Å². The molecule has 29 heavy (non-hydrogen) atoms. The van der Waals surface area contributed by atoms with E-state index in [1.807, 2.05) is 13.8 Å². The molecule has 0 heterocycles. The lowest BCUT2D eigenvalue weighted by molar-refractivity contribution is -0.114. The Morgan fingerprint density at radius 3 is 2.45 bits per heavy atom. The Hall–Kier alpha value is -2.39. The van der Waals surface area contributed by atoms with Crippen molar-refractivity contribution in [2.24, 2.45) is 0 Å². The van der Waals surface area contributed by atoms with Gasteiger partial charge in [-0.15, -0.1) is 0 Å². The highest BCUT2D eigenvalue weighted by Crippen LogP contribution is 2.25. The Balaban J connectivity index is 2.11. The van der Waals surface area contributed by atoms with Gasteiger partial charge in [0.15, 0.2) is 9.84 Å². The zero-order valence-electron chi connectivity index (χ0n) is 16.5. The first-order chi connectivity index (χ1) is 13.6. The third-order valence-corrected chi connectivity index (χ3v) is 5.85. The molecule has 0 aromatic heterocycles. The number of nitrogens with one attached hydrogen (secondary N) is 3. The normalized spacial score (nSPS) is 12.1. The van der Waals surface area contributed by atoms with Crippen LogP contribution in [-0.4, -0.2) is 39.1 Å². The van der Waals surface area contributed by atoms with Crippen LogP contribution in [0.1, 0.15) is 30.6 Å². The van der Waals surface area contributed by atoms with Gasteiger partial charge in [0.25, 0.3) is 5.91 Å². The maximum atomic E-state index is 12.4. The van der Waals surface area contributed by atoms with Gasteiger partial charge in [-0.1, -0.05) is 35.0 Å². The van der Waals surface area contributed by atoms with Crippen molar-refractivity contribution in [1.29, 1.82) is 0 Å². The minimum atomic E-state index is -3.47. The highest BCUT2D eigenvalue weighted by molar-refractivity contribution is 9.10. The van der Waals surface area contributed by atoms with Crippen LogP contribution in [0.5, 0.6) is 0 Å². The Kier molecular flexibility index (Phi) is 7.80. The number of carbonyl (C=O) groups is 2. The van der Waals surface area contributed by atoms with Crippen molar-refractivity contribution >= 4 is 49.0 Å². The molecule has 0 saturated carbocycles. The number of halogens is 1. The zero-order chi connectivity index (χ0) is 21.6. The van der Waals surface area contributed by atoms with E-state index >= 15 is 0 Å². The lowest BCUT2D eigenvalue weighted by Gasteiger charge is -2.15. The van der Waals surface area contributed by atoms with Crippen LogP contribution >= 0.6 is 15.9 Å². The quantitative estimate of drug-likeness (QED) is 0.535. The van der Waals surface area contributed by atoms with E-state index in [4.69, 9.17) is 0 Å². The first kappa shape index (κ1) is 22.9. The highest BCUT2D eigenvalue weighted by Gasteiger charge is 2.17. The van der Waals surface area contributed by atoms with Crippen LogP contribution in [-0.2, 0) is 14.6 Å². The van der Waals surface area contributed by atoms with Gasteiger partial charge in [-0.3, -0.25) is 9.59 Å². The maximum absolute atomic E-state index is 12.4. The molecular formula is C20H24BrN3O4S. The van der Waals surface area contributed by atoms with Crippen LogP contribution in [0.15, 0.2) is 51.8 Å². The smallest absolute Gasteiger partial charge is 0.253 e. The van der Waals surface area contributed by atoms with Crippen LogP contribution in [0.2, 0.25) is 0 Å². The summed E-state index contributed by atoms with van der Waals surface area (Å²) in [5.41, 5.74) is 1.08. The van der Waals surface area contributed by atoms with Gasteiger partial charge in [-0.25, -0.2) is 8.42 Å². The fourth-order valence-corrected chi connectivity index (χ4v) is 3.91. The Labute approximate surface area is 179 Å². The van der Waals surface area contributed by atoms with Gasteiger partial charge in [0.05, 0.1) is 28.4 Å². The standard InChI is InChI=1S/C20H24BrN3O4S/c1-4-13(2)23-20(26)15-7-5-6-8-16(15)24-19(25)12-22-17-10-9-14(21)11-18(17)29(3,27)28/h5-11,13,22H,4,12H2,1-3H3,(H,23,26)(H,24,25). The number of para-hydroxylation sites is 1. The molecular weight excluding hydrogens is 458 g/mol. The summed E-state index contributed by atoms with van der Waals surface area (Å²) in [6.07, 6.45) is 1.90. The summed E-state index contributed by atoms with van der Waals surface area (Å²) in [5, 5.41) is 8.42. The molecule has 3 N–H and O–H groups in total. The molecule has 156 valence electrons. The van der Waals surface area contributed by atoms with Gasteiger partial charge in [-0.05, 0) is 43.7 Å². The number of rotatable bonds is 8. The van der Waals surface area contributed by atoms with Crippen molar-refractivity contribution < 1.29 is 18.0 Å². The number of benzene rings is 2. The van der Waals surface area contributed by atoms with Gasteiger partial charge >= 0.3 is 0 Å². The van der Waals surface area contributed by atoms with Crippen molar-refractivity contribution in [2.75, 3.05) is 23.4 Å². The second-order valence-corrected chi connectivity index (χ2v) is 9.54. The van der Waals surface area contributed by atoms with E-state index in [-0.39, 0.29) is 23.4 Å². The summed E-state index contributed by atoms with van der Waals surface area (Å²) in [7, 11) is -3.47. The van der Waals surface area contributed by atoms with Crippen LogP contribution in [0, 0.1) is 0 Å². The SMILES string of the molecule is CCC(C)NC(=O)c1ccccc1NC(=O)CNc1ccc(Br)cc1S(C)(=O)=O. The number of amides is 2. The Morgan fingerprint density at radius 1 is 1.10 bits per heavy atom. The van der Waals surface area contributed by atoms with E-state index in [0.717, 1.165) is 12.7 Å². The fraction of sp³-hybridized carbons (Fsp3) is 0.300. The molecule has 1 atom stereocenters. The van der Waals surface area contributed by atoms with Crippen molar-refractivity contribution in [3.8, 4) is 0 Å². The molecule has 7 nitrogen and oxygen atoms in total. The summed E-state index contributed by atoms with van der Waals surface area (Å²) in [4.78, 5) is 24.9. The molecule has 0 saturated heterocycles. The molecule has 0 aliphatic carbocycles. The molecule has 2 rings (SSSR count). The average molecular weight is 482 g/mol. The number of sulfone groups is 1. The van der Waals surface area contributed by atoms with E-state index in [1.54, 1.807) is 36.4 Å². The second-order valence-electron chi connectivity index (χ2n) is 6.64. The monoisotopic (exact) mass is 481 g/mol. The maximum Gasteiger partial charge on any atom is 0.253 e. The molecule has 9 heteroatoms. The van der Waals surface area contributed by atoms with Crippen molar-refractivity contribution in [1.82, 2.24) is 5.32 Å². The van der Waals surface area contributed by atoms with E-state index in [0.29, 0.717) is 21.4 Å². The van der Waals surface area contributed by atoms with Crippen molar-refractivity contribution in [2.45, 2.75) is 31.2 Å². The first-order valence-electron chi connectivity index (χ1n) is 9.05. The molecule has 0 radical (unpaired) electrons. The van der Waals surface area contributed by atoms with E-state index < -0.39 is 15.7 Å². The molecule has 2 aromatic rings. The molecule has 0 spiro atoms. The summed E-state index contributed by atoms with van der Waals surface area (Å²) < 4.78 is 24.6. The van der Waals surface area contributed by atoms with Gasteiger partial charge < -0.3 is 16.0 Å².